The quantitative estimate of drug-likeness (QED) is 0.902. The normalized spacial score (nSPS) is 25.2. The lowest BCUT2D eigenvalue weighted by molar-refractivity contribution is 0.0315. The Morgan fingerprint density at radius 1 is 1.47 bits per heavy atom. The monoisotopic (exact) mass is 255 g/mol. The van der Waals surface area contributed by atoms with E-state index >= 15 is 0 Å². The Labute approximate surface area is 107 Å². The topological polar surface area (TPSA) is 47.0 Å². The number of hydrogen-bond acceptors (Lipinski definition) is 5. The molecule has 5 heteroatoms. The Morgan fingerprint density at radius 2 is 2.24 bits per heavy atom. The lowest BCUT2D eigenvalue weighted by Gasteiger charge is -2.22. The highest BCUT2D eigenvalue weighted by atomic mass is 32.1. The number of rotatable bonds is 3. The highest BCUT2D eigenvalue weighted by Gasteiger charge is 2.30. The van der Waals surface area contributed by atoms with Gasteiger partial charge in [0.25, 0.3) is 0 Å². The fourth-order valence-electron chi connectivity index (χ4n) is 1.84. The zero-order chi connectivity index (χ0) is 12.5. The van der Waals surface area contributed by atoms with Gasteiger partial charge in [0.05, 0.1) is 5.60 Å². The molecule has 1 unspecified atom stereocenters. The average Bonchev–Trinajstić information content (AvgIpc) is 2.83. The molecule has 0 spiro atoms. The fourth-order valence-corrected chi connectivity index (χ4v) is 2.59. The summed E-state index contributed by atoms with van der Waals surface area (Å²) in [7, 11) is 0. The summed E-state index contributed by atoms with van der Waals surface area (Å²) in [5.41, 5.74) is -0.0161. The van der Waals surface area contributed by atoms with Gasteiger partial charge in [0.1, 0.15) is 5.82 Å². The zero-order valence-corrected chi connectivity index (χ0v) is 11.9. The van der Waals surface area contributed by atoms with Gasteiger partial charge in [-0.15, -0.1) is 0 Å². The molecule has 1 aliphatic rings. The van der Waals surface area contributed by atoms with Crippen molar-refractivity contribution in [3.63, 3.8) is 0 Å². The molecule has 17 heavy (non-hydrogen) atoms. The number of aromatic nitrogens is 2. The van der Waals surface area contributed by atoms with Crippen LogP contribution in [0.2, 0.25) is 0 Å². The average molecular weight is 255 g/mol. The van der Waals surface area contributed by atoms with Crippen LogP contribution in [0.4, 0.5) is 5.13 Å². The predicted octanol–water partition coefficient (Wildman–Crippen LogP) is 2.82. The zero-order valence-electron chi connectivity index (χ0n) is 11.0. The van der Waals surface area contributed by atoms with Crippen molar-refractivity contribution < 1.29 is 4.74 Å². The van der Waals surface area contributed by atoms with Gasteiger partial charge in [0.15, 0.2) is 0 Å². The van der Waals surface area contributed by atoms with E-state index in [0.29, 0.717) is 0 Å². The van der Waals surface area contributed by atoms with E-state index in [1.165, 1.54) is 11.5 Å². The Hall–Kier alpha value is -0.680. The highest BCUT2D eigenvalue weighted by Crippen LogP contribution is 2.27. The Balaban J connectivity index is 1.93. The Kier molecular flexibility index (Phi) is 3.41. The molecule has 0 bridgehead atoms. The molecule has 1 aromatic heterocycles. The van der Waals surface area contributed by atoms with Crippen LogP contribution in [0, 0.1) is 0 Å². The van der Waals surface area contributed by atoms with E-state index in [0.717, 1.165) is 36.9 Å². The number of nitrogens with zero attached hydrogens (tertiary/aromatic N) is 2. The van der Waals surface area contributed by atoms with Crippen molar-refractivity contribution in [1.29, 1.82) is 0 Å². The smallest absolute Gasteiger partial charge is 0.202 e. The van der Waals surface area contributed by atoms with Crippen molar-refractivity contribution in [2.75, 3.05) is 18.5 Å². The molecule has 0 aliphatic carbocycles. The molecule has 1 saturated heterocycles. The van der Waals surface area contributed by atoms with Crippen LogP contribution in [0.25, 0.3) is 0 Å². The van der Waals surface area contributed by atoms with E-state index in [4.69, 9.17) is 4.74 Å². The summed E-state index contributed by atoms with van der Waals surface area (Å²) >= 11 is 1.43. The minimum atomic E-state index is -0.0342. The van der Waals surface area contributed by atoms with Crippen LogP contribution < -0.4 is 5.32 Å². The van der Waals surface area contributed by atoms with Gasteiger partial charge in [-0.3, -0.25) is 0 Å². The molecule has 1 atom stereocenters. The van der Waals surface area contributed by atoms with Crippen LogP contribution >= 0.6 is 11.5 Å². The lowest BCUT2D eigenvalue weighted by atomic mass is 9.96. The van der Waals surface area contributed by atoms with E-state index in [-0.39, 0.29) is 11.0 Å². The van der Waals surface area contributed by atoms with Gasteiger partial charge in [-0.25, -0.2) is 4.98 Å². The molecule has 0 aromatic carbocycles. The van der Waals surface area contributed by atoms with E-state index < -0.39 is 0 Å². The summed E-state index contributed by atoms with van der Waals surface area (Å²) in [6.45, 7) is 10.2. The second kappa shape index (κ2) is 4.53. The van der Waals surface area contributed by atoms with Crippen LogP contribution in [-0.4, -0.2) is 28.1 Å². The van der Waals surface area contributed by atoms with E-state index in [9.17, 15) is 0 Å². The maximum atomic E-state index is 5.73. The van der Waals surface area contributed by atoms with E-state index in [1.54, 1.807) is 0 Å². The van der Waals surface area contributed by atoms with Gasteiger partial charge < -0.3 is 10.1 Å². The molecule has 4 nitrogen and oxygen atoms in total. The van der Waals surface area contributed by atoms with Crippen LogP contribution in [0.3, 0.4) is 0 Å². The largest absolute Gasteiger partial charge is 0.373 e. The molecule has 0 amide bonds. The Bertz CT molecular complexity index is 377. The van der Waals surface area contributed by atoms with Crippen LogP contribution in [0.5, 0.6) is 0 Å². The summed E-state index contributed by atoms with van der Waals surface area (Å²) in [5, 5.41) is 4.23. The first-order chi connectivity index (χ1) is 7.89. The van der Waals surface area contributed by atoms with Crippen molar-refractivity contribution in [2.45, 2.75) is 51.6 Å². The predicted molar refractivity (Wildman–Crippen MR) is 70.7 cm³/mol. The van der Waals surface area contributed by atoms with Crippen molar-refractivity contribution >= 4 is 16.7 Å². The minimum Gasteiger partial charge on any atom is -0.373 e. The van der Waals surface area contributed by atoms with Gasteiger partial charge in [-0.2, -0.15) is 4.37 Å². The number of ether oxygens (including phenoxy) is 1. The summed E-state index contributed by atoms with van der Waals surface area (Å²) in [4.78, 5) is 4.51. The first kappa shape index (κ1) is 12.8. The maximum Gasteiger partial charge on any atom is 0.202 e. The summed E-state index contributed by atoms with van der Waals surface area (Å²) in [5.74, 6) is 0.905. The molecule has 1 N–H and O–H groups in total. The van der Waals surface area contributed by atoms with Crippen molar-refractivity contribution in [1.82, 2.24) is 9.36 Å². The molecule has 2 heterocycles. The van der Waals surface area contributed by atoms with Crippen LogP contribution in [0.15, 0.2) is 0 Å². The molecule has 1 aliphatic heterocycles. The molecule has 2 rings (SSSR count). The van der Waals surface area contributed by atoms with Gasteiger partial charge >= 0.3 is 0 Å². The number of hydrogen-bond donors (Lipinski definition) is 1. The summed E-state index contributed by atoms with van der Waals surface area (Å²) in [6, 6.07) is 0. The molecule has 1 fully saturated rings. The molecular weight excluding hydrogens is 234 g/mol. The summed E-state index contributed by atoms with van der Waals surface area (Å²) in [6.07, 6.45) is 2.27. The van der Waals surface area contributed by atoms with Crippen LogP contribution in [0.1, 0.15) is 46.4 Å². The van der Waals surface area contributed by atoms with Crippen molar-refractivity contribution in [3.8, 4) is 0 Å². The number of anilines is 1. The first-order valence-corrected chi connectivity index (χ1v) is 6.88. The van der Waals surface area contributed by atoms with E-state index in [1.807, 2.05) is 0 Å². The van der Waals surface area contributed by atoms with E-state index in [2.05, 4.69) is 42.4 Å². The molecule has 1 aromatic rings. The van der Waals surface area contributed by atoms with Crippen molar-refractivity contribution in [2.24, 2.45) is 0 Å². The van der Waals surface area contributed by atoms with Crippen LogP contribution in [-0.2, 0) is 10.2 Å². The first-order valence-electron chi connectivity index (χ1n) is 6.11. The lowest BCUT2D eigenvalue weighted by Crippen LogP contribution is -2.32. The third-order valence-corrected chi connectivity index (χ3v) is 3.68. The third-order valence-electron chi connectivity index (χ3n) is 3.01. The molecular formula is C12H21N3OS. The fraction of sp³-hybridized carbons (Fsp3) is 0.833. The molecule has 96 valence electrons. The highest BCUT2D eigenvalue weighted by molar-refractivity contribution is 7.09. The SMILES string of the molecule is CC1(CNc2nc(C(C)(C)C)ns2)CCCO1. The van der Waals surface area contributed by atoms with Gasteiger partial charge in [0, 0.05) is 30.1 Å². The minimum absolute atomic E-state index is 0.0180. The molecule has 0 saturated carbocycles. The Morgan fingerprint density at radius 3 is 2.76 bits per heavy atom. The maximum absolute atomic E-state index is 5.73. The van der Waals surface area contributed by atoms with Gasteiger partial charge in [0.2, 0.25) is 5.13 Å². The summed E-state index contributed by atoms with van der Waals surface area (Å²) < 4.78 is 10.1. The van der Waals surface area contributed by atoms with Gasteiger partial charge in [-0.05, 0) is 19.8 Å². The third kappa shape index (κ3) is 3.16. The van der Waals surface area contributed by atoms with Gasteiger partial charge in [-0.1, -0.05) is 20.8 Å². The number of nitrogens with one attached hydrogen (secondary N) is 1. The molecule has 0 radical (unpaired) electrons. The standard InChI is InChI=1S/C12H21N3OS/c1-11(2,3)9-14-10(17-15-9)13-8-12(4)6-5-7-16-12/h5-8H2,1-4H3,(H,13,14,15). The van der Waals surface area contributed by atoms with Crippen molar-refractivity contribution in [3.05, 3.63) is 5.82 Å². The second-order valence-electron chi connectivity index (χ2n) is 5.93. The second-order valence-corrected chi connectivity index (χ2v) is 6.68.